The van der Waals surface area contributed by atoms with Crippen LogP contribution in [0.15, 0.2) is 72.3 Å². The second kappa shape index (κ2) is 13.8. The van der Waals surface area contributed by atoms with E-state index >= 15 is 0 Å². The maximum atomic E-state index is 14.0. The number of benzene rings is 3. The van der Waals surface area contributed by atoms with Gasteiger partial charge in [0.1, 0.15) is 5.75 Å². The highest BCUT2D eigenvalue weighted by atomic mass is 35.5. The summed E-state index contributed by atoms with van der Waals surface area (Å²) in [7, 11) is 1.88. The first-order valence-corrected chi connectivity index (χ1v) is 15.6. The molecule has 2 bridgehead atoms. The molecule has 1 saturated heterocycles. The molecule has 0 radical (unpaired) electrons. The molecule has 0 aromatic heterocycles. The van der Waals surface area contributed by atoms with Crippen molar-refractivity contribution in [3.63, 3.8) is 0 Å². The molecule has 2 aliphatic heterocycles. The Morgan fingerprint density at radius 3 is 2.40 bits per heavy atom. The lowest BCUT2D eigenvalue weighted by molar-refractivity contribution is -0.132. The van der Waals surface area contributed by atoms with E-state index in [-0.39, 0.29) is 23.9 Å². The Morgan fingerprint density at radius 2 is 1.67 bits per heavy atom. The number of halogens is 1. The Kier molecular flexibility index (Phi) is 9.89. The van der Waals surface area contributed by atoms with Crippen LogP contribution in [0.5, 0.6) is 5.75 Å². The molecule has 0 saturated carbocycles. The van der Waals surface area contributed by atoms with Gasteiger partial charge in [0, 0.05) is 45.2 Å². The summed E-state index contributed by atoms with van der Waals surface area (Å²) in [4.78, 5) is 30.0. The minimum absolute atomic E-state index is 0.0264. The quantitative estimate of drug-likeness (QED) is 0.290. The van der Waals surface area contributed by atoms with Crippen molar-refractivity contribution in [2.24, 2.45) is 0 Å². The van der Waals surface area contributed by atoms with Gasteiger partial charge in [0.25, 0.3) is 5.91 Å². The predicted molar refractivity (Wildman–Crippen MR) is 173 cm³/mol. The maximum Gasteiger partial charge on any atom is 0.251 e. The van der Waals surface area contributed by atoms with Gasteiger partial charge in [-0.05, 0) is 85.1 Å². The van der Waals surface area contributed by atoms with E-state index in [0.29, 0.717) is 37.7 Å². The van der Waals surface area contributed by atoms with Crippen LogP contribution < -0.4 is 10.1 Å². The molecule has 2 aliphatic rings. The molecule has 226 valence electrons. The van der Waals surface area contributed by atoms with Gasteiger partial charge in [0.2, 0.25) is 5.91 Å². The summed E-state index contributed by atoms with van der Waals surface area (Å²) in [5.74, 6) is 0.814. The fraction of sp³-hybridized carbons (Fsp3) is 0.389. The molecule has 7 heteroatoms. The van der Waals surface area contributed by atoms with Crippen molar-refractivity contribution in [1.82, 2.24) is 15.1 Å². The molecule has 3 aromatic rings. The molecular weight excluding hydrogens is 558 g/mol. The number of amides is 2. The monoisotopic (exact) mass is 599 g/mol. The van der Waals surface area contributed by atoms with E-state index in [0.717, 1.165) is 47.3 Å². The molecule has 2 atom stereocenters. The SMILES string of the molecule is CC(=O)N1C[C@H]2CC(c3ccc(CCCOc4cc(C)c(C)cc4Cl)cc3)=C(C(=O)N(C)CCc3ccccc3)[C@@H](C1)N2. The normalized spacial score (nSPS) is 18.0. The van der Waals surface area contributed by atoms with Crippen LogP contribution in [-0.4, -0.2) is 67.0 Å². The lowest BCUT2D eigenvalue weighted by Gasteiger charge is -2.44. The third-order valence-electron chi connectivity index (χ3n) is 8.72. The summed E-state index contributed by atoms with van der Waals surface area (Å²) >= 11 is 6.37. The summed E-state index contributed by atoms with van der Waals surface area (Å²) < 4.78 is 5.98. The number of nitrogens with one attached hydrogen (secondary N) is 1. The number of fused-ring (bicyclic) bond motifs is 2. The van der Waals surface area contributed by atoms with E-state index in [1.165, 1.54) is 16.7 Å². The third-order valence-corrected chi connectivity index (χ3v) is 9.02. The fourth-order valence-corrected chi connectivity index (χ4v) is 6.34. The molecule has 3 aromatic carbocycles. The van der Waals surface area contributed by atoms with Gasteiger partial charge >= 0.3 is 0 Å². The molecule has 43 heavy (non-hydrogen) atoms. The second-order valence-corrected chi connectivity index (χ2v) is 12.3. The topological polar surface area (TPSA) is 61.9 Å². The molecule has 1 N–H and O–H groups in total. The molecule has 0 unspecified atom stereocenters. The summed E-state index contributed by atoms with van der Waals surface area (Å²) in [5, 5.41) is 4.29. The highest BCUT2D eigenvalue weighted by molar-refractivity contribution is 6.32. The van der Waals surface area contributed by atoms with E-state index in [2.05, 4.69) is 48.6 Å². The van der Waals surface area contributed by atoms with Crippen LogP contribution in [0.25, 0.3) is 5.57 Å². The van der Waals surface area contributed by atoms with Crippen molar-refractivity contribution in [1.29, 1.82) is 0 Å². The van der Waals surface area contributed by atoms with E-state index < -0.39 is 0 Å². The lowest BCUT2D eigenvalue weighted by atomic mass is 9.82. The number of ether oxygens (including phenoxy) is 1. The van der Waals surface area contributed by atoms with Gasteiger partial charge in [-0.1, -0.05) is 66.2 Å². The summed E-state index contributed by atoms with van der Waals surface area (Å²) in [5.41, 5.74) is 7.71. The van der Waals surface area contributed by atoms with Crippen LogP contribution in [0.1, 0.15) is 47.6 Å². The zero-order valence-electron chi connectivity index (χ0n) is 25.7. The van der Waals surface area contributed by atoms with Crippen LogP contribution >= 0.6 is 11.6 Å². The summed E-state index contributed by atoms with van der Waals surface area (Å²) in [6.45, 7) is 8.09. The molecule has 0 spiro atoms. The second-order valence-electron chi connectivity index (χ2n) is 11.9. The standard InChI is InChI=1S/C36H42ClN3O3/c1-24-19-32(37)34(20-25(24)2)43-18-8-11-28-12-14-29(15-13-28)31-21-30-22-40(26(3)41)23-33(38-30)35(31)36(42)39(4)17-16-27-9-6-5-7-10-27/h5-7,9-10,12-15,19-20,30,33,38H,8,11,16-18,21-23H2,1-4H3/t30-,33-/m1/s1. The zero-order valence-corrected chi connectivity index (χ0v) is 26.4. The number of nitrogens with zero attached hydrogens (tertiary/aromatic N) is 2. The Morgan fingerprint density at radius 1 is 0.977 bits per heavy atom. The Hall–Kier alpha value is -3.61. The number of hydrogen-bond acceptors (Lipinski definition) is 4. The molecule has 1 fully saturated rings. The smallest absolute Gasteiger partial charge is 0.251 e. The van der Waals surface area contributed by atoms with Gasteiger partial charge in [0.05, 0.1) is 17.7 Å². The number of piperazine rings is 1. The first-order valence-electron chi connectivity index (χ1n) is 15.2. The largest absolute Gasteiger partial charge is 0.492 e. The van der Waals surface area contributed by atoms with E-state index in [4.69, 9.17) is 16.3 Å². The zero-order chi connectivity index (χ0) is 30.5. The van der Waals surface area contributed by atoms with Gasteiger partial charge in [-0.3, -0.25) is 9.59 Å². The van der Waals surface area contributed by atoms with Crippen LogP contribution in [0.3, 0.4) is 0 Å². The van der Waals surface area contributed by atoms with Crippen molar-refractivity contribution in [2.75, 3.05) is 33.3 Å². The average molecular weight is 600 g/mol. The Labute approximate surface area is 260 Å². The number of rotatable bonds is 10. The van der Waals surface area contributed by atoms with Crippen molar-refractivity contribution in [2.45, 2.75) is 58.5 Å². The van der Waals surface area contributed by atoms with Crippen LogP contribution in [0, 0.1) is 13.8 Å². The van der Waals surface area contributed by atoms with Crippen molar-refractivity contribution in [3.8, 4) is 5.75 Å². The third kappa shape index (κ3) is 7.49. The fourth-order valence-electron chi connectivity index (χ4n) is 6.07. The number of carbonyl (C=O) groups is 2. The Balaban J connectivity index is 1.30. The Bertz CT molecular complexity index is 1490. The summed E-state index contributed by atoms with van der Waals surface area (Å²) in [6.07, 6.45) is 3.25. The van der Waals surface area contributed by atoms with E-state index in [9.17, 15) is 9.59 Å². The number of carbonyl (C=O) groups excluding carboxylic acids is 2. The lowest BCUT2D eigenvalue weighted by Crippen LogP contribution is -2.61. The molecule has 2 amide bonds. The summed E-state index contributed by atoms with van der Waals surface area (Å²) in [6, 6.07) is 22.7. The first-order chi connectivity index (χ1) is 20.7. The van der Waals surface area contributed by atoms with Crippen molar-refractivity contribution in [3.05, 3.63) is 105 Å². The molecule has 2 heterocycles. The molecular formula is C36H42ClN3O3. The van der Waals surface area contributed by atoms with Gasteiger partial charge in [0.15, 0.2) is 0 Å². The van der Waals surface area contributed by atoms with Crippen molar-refractivity contribution >= 4 is 29.0 Å². The minimum Gasteiger partial charge on any atom is -0.492 e. The van der Waals surface area contributed by atoms with Gasteiger partial charge < -0.3 is 19.9 Å². The van der Waals surface area contributed by atoms with E-state index in [1.54, 1.807) is 6.92 Å². The van der Waals surface area contributed by atoms with E-state index in [1.807, 2.05) is 54.1 Å². The van der Waals surface area contributed by atoms with Gasteiger partial charge in [-0.25, -0.2) is 0 Å². The van der Waals surface area contributed by atoms with Crippen molar-refractivity contribution < 1.29 is 14.3 Å². The van der Waals surface area contributed by atoms with Crippen LogP contribution in [0.4, 0.5) is 0 Å². The molecule has 6 nitrogen and oxygen atoms in total. The highest BCUT2D eigenvalue weighted by Gasteiger charge is 2.39. The number of aryl methyl sites for hydroxylation is 3. The highest BCUT2D eigenvalue weighted by Crippen LogP contribution is 2.34. The molecule has 5 rings (SSSR count). The number of hydrogen-bond donors (Lipinski definition) is 1. The van der Waals surface area contributed by atoms with Crippen LogP contribution in [-0.2, 0) is 22.4 Å². The van der Waals surface area contributed by atoms with Crippen LogP contribution in [0.2, 0.25) is 5.02 Å². The average Bonchev–Trinajstić information content (AvgIpc) is 3.00. The first kappa shape index (κ1) is 30.8. The van der Waals surface area contributed by atoms with Gasteiger partial charge in [-0.15, -0.1) is 0 Å². The predicted octanol–water partition coefficient (Wildman–Crippen LogP) is 6.02. The van der Waals surface area contributed by atoms with Gasteiger partial charge in [-0.2, -0.15) is 0 Å². The maximum absolute atomic E-state index is 14.0. The minimum atomic E-state index is -0.188. The number of likely N-dealkylation sites (N-methyl/N-ethyl adjacent to an activating group) is 1. The molecule has 0 aliphatic carbocycles.